The Kier molecular flexibility index (Phi) is 7.32. The Bertz CT molecular complexity index is 1030. The fourth-order valence-corrected chi connectivity index (χ4v) is 5.63. The number of hydrogen-bond acceptors (Lipinski definition) is 4. The van der Waals surface area contributed by atoms with Crippen LogP contribution in [0.25, 0.3) is 6.08 Å². The molecule has 0 spiro atoms. The first-order valence-electron chi connectivity index (χ1n) is 12.4. The maximum atomic E-state index is 13.5. The summed E-state index contributed by atoms with van der Waals surface area (Å²) in [5.41, 5.74) is 2.53. The maximum Gasteiger partial charge on any atom is 0.247 e. The summed E-state index contributed by atoms with van der Waals surface area (Å²) in [5.74, 6) is 1.74. The lowest BCUT2D eigenvalue weighted by atomic mass is 9.66. The van der Waals surface area contributed by atoms with E-state index in [0.717, 1.165) is 36.8 Å². The van der Waals surface area contributed by atoms with Crippen LogP contribution in [0.15, 0.2) is 48.5 Å². The van der Waals surface area contributed by atoms with Crippen LogP contribution in [0.1, 0.15) is 74.6 Å². The standard InChI is InChI=1S/C29H37NO4/c1-20(2)22-11-8-21(9-12-22)10-15-27(31)30-18-17-29(32)16-6-5-7-24(29)28(30)23-13-14-25(33-3)26(19-23)34-4/h8-15,19-20,24,28,32H,5-7,16-18H2,1-4H3. The number of ether oxygens (including phenoxy) is 2. The summed E-state index contributed by atoms with van der Waals surface area (Å²) in [5, 5.41) is 11.5. The van der Waals surface area contributed by atoms with Crippen LogP contribution in [0.4, 0.5) is 0 Å². The normalized spacial score (nSPS) is 24.8. The molecule has 182 valence electrons. The molecule has 5 nitrogen and oxygen atoms in total. The number of nitrogens with zero attached hydrogens (tertiary/aromatic N) is 1. The van der Waals surface area contributed by atoms with Crippen LogP contribution < -0.4 is 9.47 Å². The molecule has 1 heterocycles. The summed E-state index contributed by atoms with van der Waals surface area (Å²) in [6, 6.07) is 14.0. The van der Waals surface area contributed by atoms with E-state index >= 15 is 0 Å². The van der Waals surface area contributed by atoms with Crippen LogP contribution in [-0.2, 0) is 4.79 Å². The lowest BCUT2D eigenvalue weighted by molar-refractivity contribution is -0.150. The minimum atomic E-state index is -0.733. The number of benzene rings is 2. The molecule has 0 bridgehead atoms. The Labute approximate surface area is 203 Å². The molecule has 5 heteroatoms. The van der Waals surface area contributed by atoms with Gasteiger partial charge in [-0.1, -0.05) is 57.0 Å². The van der Waals surface area contributed by atoms with Gasteiger partial charge in [0.25, 0.3) is 0 Å². The number of carbonyl (C=O) groups is 1. The molecule has 1 amide bonds. The number of hydrogen-bond donors (Lipinski definition) is 1. The minimum Gasteiger partial charge on any atom is -0.493 e. The van der Waals surface area contributed by atoms with Gasteiger partial charge in [0.2, 0.25) is 5.91 Å². The van der Waals surface area contributed by atoms with Gasteiger partial charge in [0, 0.05) is 18.5 Å². The van der Waals surface area contributed by atoms with Gasteiger partial charge in [-0.3, -0.25) is 4.79 Å². The molecule has 1 N–H and O–H groups in total. The molecular formula is C29H37NO4. The average Bonchev–Trinajstić information content (AvgIpc) is 2.86. The Hall–Kier alpha value is -2.79. The second-order valence-electron chi connectivity index (χ2n) is 9.95. The van der Waals surface area contributed by atoms with Crippen LogP contribution in [-0.4, -0.2) is 42.3 Å². The van der Waals surface area contributed by atoms with Crippen molar-refractivity contribution in [3.63, 3.8) is 0 Å². The zero-order valence-electron chi connectivity index (χ0n) is 20.8. The van der Waals surface area contributed by atoms with Crippen molar-refractivity contribution >= 4 is 12.0 Å². The van der Waals surface area contributed by atoms with Crippen molar-refractivity contribution in [2.24, 2.45) is 5.92 Å². The maximum absolute atomic E-state index is 13.5. The monoisotopic (exact) mass is 463 g/mol. The van der Waals surface area contributed by atoms with Gasteiger partial charge in [0.15, 0.2) is 11.5 Å². The highest BCUT2D eigenvalue weighted by Crippen LogP contribution is 2.50. The molecule has 1 saturated heterocycles. The number of methoxy groups -OCH3 is 2. The van der Waals surface area contributed by atoms with E-state index in [-0.39, 0.29) is 17.9 Å². The smallest absolute Gasteiger partial charge is 0.247 e. The summed E-state index contributed by atoms with van der Waals surface area (Å²) < 4.78 is 11.0. The molecule has 3 atom stereocenters. The lowest BCUT2D eigenvalue weighted by Crippen LogP contribution is -2.56. The van der Waals surface area contributed by atoms with Gasteiger partial charge in [-0.25, -0.2) is 0 Å². The average molecular weight is 464 g/mol. The van der Waals surface area contributed by atoms with Crippen LogP contribution in [0, 0.1) is 5.92 Å². The Morgan fingerprint density at radius 2 is 1.79 bits per heavy atom. The predicted octanol–water partition coefficient (Wildman–Crippen LogP) is 5.74. The van der Waals surface area contributed by atoms with E-state index < -0.39 is 5.60 Å². The zero-order chi connectivity index (χ0) is 24.3. The van der Waals surface area contributed by atoms with E-state index in [4.69, 9.17) is 9.47 Å². The molecule has 1 saturated carbocycles. The highest BCUT2D eigenvalue weighted by molar-refractivity contribution is 5.92. The zero-order valence-corrected chi connectivity index (χ0v) is 20.8. The summed E-state index contributed by atoms with van der Waals surface area (Å²) in [6.07, 6.45) is 7.97. The second-order valence-corrected chi connectivity index (χ2v) is 9.95. The van der Waals surface area contributed by atoms with E-state index in [0.29, 0.717) is 30.4 Å². The third-order valence-corrected chi connectivity index (χ3v) is 7.62. The van der Waals surface area contributed by atoms with E-state index in [9.17, 15) is 9.90 Å². The van der Waals surface area contributed by atoms with E-state index in [1.54, 1.807) is 20.3 Å². The molecular weight excluding hydrogens is 426 g/mol. The van der Waals surface area contributed by atoms with Crippen molar-refractivity contribution in [2.75, 3.05) is 20.8 Å². The SMILES string of the molecule is COc1ccc(C2C3CCCCC3(O)CCN2C(=O)C=Cc2ccc(C(C)C)cc2)cc1OC. The molecule has 34 heavy (non-hydrogen) atoms. The van der Waals surface area contributed by atoms with Crippen molar-refractivity contribution < 1.29 is 19.4 Å². The summed E-state index contributed by atoms with van der Waals surface area (Å²) in [4.78, 5) is 15.4. The molecule has 4 rings (SSSR count). The molecule has 1 aliphatic carbocycles. The van der Waals surface area contributed by atoms with Crippen molar-refractivity contribution in [1.29, 1.82) is 0 Å². The predicted molar refractivity (Wildman–Crippen MR) is 135 cm³/mol. The van der Waals surface area contributed by atoms with Gasteiger partial charge in [0.05, 0.1) is 25.9 Å². The number of carbonyl (C=O) groups excluding carboxylic acids is 1. The molecule has 0 aromatic heterocycles. The molecule has 2 aromatic carbocycles. The van der Waals surface area contributed by atoms with E-state index in [1.807, 2.05) is 29.2 Å². The van der Waals surface area contributed by atoms with Gasteiger partial charge >= 0.3 is 0 Å². The Balaban J connectivity index is 1.65. The molecule has 2 fully saturated rings. The number of piperidine rings is 1. The van der Waals surface area contributed by atoms with Crippen LogP contribution in [0.3, 0.4) is 0 Å². The van der Waals surface area contributed by atoms with E-state index in [1.165, 1.54) is 5.56 Å². The Morgan fingerprint density at radius 1 is 1.06 bits per heavy atom. The van der Waals surface area contributed by atoms with Crippen molar-refractivity contribution in [2.45, 2.75) is 63.5 Å². The number of fused-ring (bicyclic) bond motifs is 1. The molecule has 0 radical (unpaired) electrons. The van der Waals surface area contributed by atoms with Gasteiger partial charge in [-0.2, -0.15) is 0 Å². The van der Waals surface area contributed by atoms with Gasteiger partial charge in [-0.05, 0) is 60.1 Å². The van der Waals surface area contributed by atoms with Gasteiger partial charge < -0.3 is 19.5 Å². The number of amides is 1. The largest absolute Gasteiger partial charge is 0.493 e. The van der Waals surface area contributed by atoms with Crippen molar-refractivity contribution in [3.05, 3.63) is 65.2 Å². The second kappa shape index (κ2) is 10.2. The Morgan fingerprint density at radius 3 is 2.47 bits per heavy atom. The molecule has 1 aliphatic heterocycles. The van der Waals surface area contributed by atoms with Crippen LogP contribution in [0.2, 0.25) is 0 Å². The first kappa shape index (κ1) is 24.3. The minimum absolute atomic E-state index is 0.00391. The van der Waals surface area contributed by atoms with Gasteiger partial charge in [0.1, 0.15) is 0 Å². The third kappa shape index (κ3) is 4.85. The molecule has 3 unspecified atom stereocenters. The molecule has 2 aliphatic rings. The van der Waals surface area contributed by atoms with Crippen LogP contribution in [0.5, 0.6) is 11.5 Å². The van der Waals surface area contributed by atoms with Gasteiger partial charge in [-0.15, -0.1) is 0 Å². The number of rotatable bonds is 6. The quantitative estimate of drug-likeness (QED) is 0.556. The van der Waals surface area contributed by atoms with E-state index in [2.05, 4.69) is 38.1 Å². The number of aliphatic hydroxyl groups is 1. The highest BCUT2D eigenvalue weighted by atomic mass is 16.5. The molecule has 2 aromatic rings. The summed E-state index contributed by atoms with van der Waals surface area (Å²) in [7, 11) is 3.24. The fraction of sp³-hybridized carbons (Fsp3) is 0.483. The van der Waals surface area contributed by atoms with Crippen molar-refractivity contribution in [1.82, 2.24) is 4.90 Å². The first-order chi connectivity index (χ1) is 16.4. The topological polar surface area (TPSA) is 59.0 Å². The van der Waals surface area contributed by atoms with Crippen molar-refractivity contribution in [3.8, 4) is 11.5 Å². The number of likely N-dealkylation sites (tertiary alicyclic amines) is 1. The first-order valence-corrected chi connectivity index (χ1v) is 12.4. The van der Waals surface area contributed by atoms with Crippen LogP contribution >= 0.6 is 0 Å². The summed E-state index contributed by atoms with van der Waals surface area (Å²) in [6.45, 7) is 4.87. The highest BCUT2D eigenvalue weighted by Gasteiger charge is 2.50. The third-order valence-electron chi connectivity index (χ3n) is 7.62. The fourth-order valence-electron chi connectivity index (χ4n) is 5.63. The summed E-state index contributed by atoms with van der Waals surface area (Å²) >= 11 is 0. The lowest BCUT2D eigenvalue weighted by Gasteiger charge is -2.52.